The van der Waals surface area contributed by atoms with E-state index in [4.69, 9.17) is 0 Å². The zero-order valence-electron chi connectivity index (χ0n) is 19.9. The summed E-state index contributed by atoms with van der Waals surface area (Å²) in [6, 6.07) is 6.17. The van der Waals surface area contributed by atoms with E-state index in [0.29, 0.717) is 11.4 Å². The summed E-state index contributed by atoms with van der Waals surface area (Å²) >= 11 is 0. The van der Waals surface area contributed by atoms with Gasteiger partial charge in [0.05, 0.1) is 50.4 Å². The van der Waals surface area contributed by atoms with E-state index < -0.39 is 0 Å². The predicted octanol–water partition coefficient (Wildman–Crippen LogP) is -0.132. The summed E-state index contributed by atoms with van der Waals surface area (Å²) in [6.45, 7) is 3.76. The molecule has 0 saturated carbocycles. The first-order chi connectivity index (χ1) is 16.5. The van der Waals surface area contributed by atoms with Crippen molar-refractivity contribution in [3.63, 3.8) is 0 Å². The molecule has 0 bridgehead atoms. The molecule has 4 amide bonds. The van der Waals surface area contributed by atoms with Crippen molar-refractivity contribution < 1.29 is 29.0 Å². The zero-order valence-corrected chi connectivity index (χ0v) is 19.9. The Bertz CT molecular complexity index is 869. The predicted molar refractivity (Wildman–Crippen MR) is 127 cm³/mol. The van der Waals surface area contributed by atoms with Crippen molar-refractivity contribution in [1.82, 2.24) is 0 Å². The number of likely N-dealkylation sites (tertiary alicyclic amines) is 2. The van der Waals surface area contributed by atoms with Gasteiger partial charge >= 0.3 is 0 Å². The highest BCUT2D eigenvalue weighted by Crippen LogP contribution is 2.28. The van der Waals surface area contributed by atoms with Gasteiger partial charge in [-0.05, 0) is 75.6 Å². The molecule has 8 nitrogen and oxygen atoms in total. The van der Waals surface area contributed by atoms with Crippen molar-refractivity contribution in [2.24, 2.45) is 0 Å². The Hall–Kier alpha value is -2.58. The number of hydrogen-bond acceptors (Lipinski definition) is 4. The van der Waals surface area contributed by atoms with Crippen molar-refractivity contribution in [2.45, 2.75) is 76.3 Å². The van der Waals surface area contributed by atoms with E-state index in [2.05, 4.69) is 0 Å². The van der Waals surface area contributed by atoms with Crippen LogP contribution in [0.1, 0.15) is 64.2 Å². The molecule has 5 rings (SSSR count). The number of rotatable bonds is 4. The molecule has 0 aliphatic carbocycles. The van der Waals surface area contributed by atoms with E-state index in [9.17, 15) is 19.2 Å². The van der Waals surface area contributed by atoms with Gasteiger partial charge in [0.15, 0.2) is 12.1 Å². The van der Waals surface area contributed by atoms with E-state index >= 15 is 0 Å². The molecule has 0 spiro atoms. The minimum absolute atomic E-state index is 0.132. The maximum atomic E-state index is 13.2. The number of quaternary nitrogens is 2. The third-order valence-corrected chi connectivity index (χ3v) is 8.14. The lowest BCUT2D eigenvalue weighted by Gasteiger charge is -2.23. The van der Waals surface area contributed by atoms with E-state index in [1.54, 1.807) is 24.3 Å². The number of amides is 4. The maximum Gasteiger partial charge on any atom is 0.292 e. The lowest BCUT2D eigenvalue weighted by atomic mass is 10.2. The molecule has 0 aromatic heterocycles. The van der Waals surface area contributed by atoms with Crippen LogP contribution in [0, 0.1) is 0 Å². The Morgan fingerprint density at radius 1 is 0.529 bits per heavy atom. The lowest BCUT2D eigenvalue weighted by Crippen LogP contribution is -3.16. The summed E-state index contributed by atoms with van der Waals surface area (Å²) in [5, 5.41) is 0. The Morgan fingerprint density at radius 2 is 0.853 bits per heavy atom. The standard InChI is InChI=1S/C26H34N4O4/c31-23-17-21(27-13-5-1-2-6-14-27)25(33)29(23)19-9-11-20(12-10-19)30-24(32)18-22(26(30)34)28-15-7-3-4-8-16-28/h9-12,21-22H,1-8,13-18H2/p+2/t21-,22-/m0/s1. The van der Waals surface area contributed by atoms with Crippen LogP contribution < -0.4 is 19.6 Å². The smallest absolute Gasteiger partial charge is 0.292 e. The molecule has 1 aromatic carbocycles. The summed E-state index contributed by atoms with van der Waals surface area (Å²) in [4.78, 5) is 57.0. The van der Waals surface area contributed by atoms with Crippen molar-refractivity contribution in [2.75, 3.05) is 36.0 Å². The maximum absolute atomic E-state index is 13.2. The highest BCUT2D eigenvalue weighted by molar-refractivity contribution is 6.23. The van der Waals surface area contributed by atoms with Crippen LogP contribution in [0.3, 0.4) is 0 Å². The normalized spacial score (nSPS) is 28.0. The number of anilines is 2. The van der Waals surface area contributed by atoms with Gasteiger partial charge in [-0.3, -0.25) is 19.2 Å². The Kier molecular flexibility index (Phi) is 6.79. The summed E-state index contributed by atoms with van der Waals surface area (Å²) in [5.41, 5.74) is 1.04. The molecule has 8 heteroatoms. The number of carbonyl (C=O) groups excluding carboxylic acids is 4. The number of nitrogens with zero attached hydrogens (tertiary/aromatic N) is 2. The minimum atomic E-state index is -0.302. The molecule has 2 atom stereocenters. The first-order valence-corrected chi connectivity index (χ1v) is 13.1. The van der Waals surface area contributed by atoms with E-state index in [1.165, 1.54) is 45.3 Å². The first kappa shape index (κ1) is 23.2. The third kappa shape index (κ3) is 4.41. The molecule has 1 aromatic rings. The molecule has 4 heterocycles. The SMILES string of the molecule is O=C1C[C@H]([NH+]2CCCCCC2)C(=O)N1c1ccc(N2C(=O)C[C@H]([NH+]3CCCCCC3)C2=O)cc1. The molecule has 2 N–H and O–H groups in total. The quantitative estimate of drug-likeness (QED) is 0.603. The van der Waals surface area contributed by atoms with Gasteiger partial charge in [0.25, 0.3) is 11.8 Å². The van der Waals surface area contributed by atoms with E-state index in [0.717, 1.165) is 51.9 Å². The number of benzene rings is 1. The molecular formula is C26H36N4O4+2. The van der Waals surface area contributed by atoms with Crippen molar-refractivity contribution in [3.8, 4) is 0 Å². The van der Waals surface area contributed by atoms with Crippen LogP contribution in [0.4, 0.5) is 11.4 Å². The molecule has 0 radical (unpaired) electrons. The van der Waals surface area contributed by atoms with Crippen molar-refractivity contribution >= 4 is 35.0 Å². The minimum Gasteiger partial charge on any atom is -0.324 e. The van der Waals surface area contributed by atoms with Gasteiger partial charge in [-0.1, -0.05) is 0 Å². The van der Waals surface area contributed by atoms with Crippen LogP contribution in [0.15, 0.2) is 24.3 Å². The number of hydrogen-bond donors (Lipinski definition) is 2. The molecular weight excluding hydrogens is 432 g/mol. The second kappa shape index (κ2) is 9.96. The molecule has 4 saturated heterocycles. The monoisotopic (exact) mass is 468 g/mol. The van der Waals surface area contributed by atoms with Gasteiger partial charge in [-0.2, -0.15) is 0 Å². The van der Waals surface area contributed by atoms with Crippen LogP contribution >= 0.6 is 0 Å². The average Bonchev–Trinajstić information content (AvgIpc) is 3.09. The summed E-state index contributed by atoms with van der Waals surface area (Å²) < 4.78 is 0. The number of carbonyl (C=O) groups is 4. The van der Waals surface area contributed by atoms with E-state index in [1.807, 2.05) is 0 Å². The molecule has 4 aliphatic heterocycles. The Morgan fingerprint density at radius 3 is 1.18 bits per heavy atom. The summed E-state index contributed by atoms with van der Waals surface area (Å²) in [5.74, 6) is -0.601. The van der Waals surface area contributed by atoms with Crippen molar-refractivity contribution in [3.05, 3.63) is 24.3 Å². The molecule has 182 valence electrons. The fourth-order valence-electron chi connectivity index (χ4n) is 6.26. The van der Waals surface area contributed by atoms with Crippen LogP contribution in [-0.4, -0.2) is 61.9 Å². The fraction of sp³-hybridized carbons (Fsp3) is 0.615. The van der Waals surface area contributed by atoms with Gasteiger partial charge in [-0.15, -0.1) is 0 Å². The lowest BCUT2D eigenvalue weighted by molar-refractivity contribution is -0.914. The van der Waals surface area contributed by atoms with Crippen molar-refractivity contribution in [1.29, 1.82) is 0 Å². The molecule has 4 aliphatic rings. The van der Waals surface area contributed by atoms with Crippen LogP contribution in [-0.2, 0) is 19.2 Å². The topological polar surface area (TPSA) is 83.6 Å². The van der Waals surface area contributed by atoms with Gasteiger partial charge in [-0.25, -0.2) is 9.80 Å². The van der Waals surface area contributed by atoms with Gasteiger partial charge < -0.3 is 9.80 Å². The van der Waals surface area contributed by atoms with Crippen LogP contribution in [0.5, 0.6) is 0 Å². The second-order valence-electron chi connectivity index (χ2n) is 10.3. The highest BCUT2D eigenvalue weighted by Gasteiger charge is 2.47. The van der Waals surface area contributed by atoms with Crippen LogP contribution in [0.25, 0.3) is 0 Å². The summed E-state index contributed by atoms with van der Waals surface area (Å²) in [6.07, 6.45) is 9.66. The molecule has 4 fully saturated rings. The Labute approximate surface area is 200 Å². The first-order valence-electron chi connectivity index (χ1n) is 13.1. The van der Waals surface area contributed by atoms with Gasteiger partial charge in [0.2, 0.25) is 11.8 Å². The number of nitrogens with one attached hydrogen (secondary N) is 2. The van der Waals surface area contributed by atoms with Crippen LogP contribution in [0.2, 0.25) is 0 Å². The molecule has 34 heavy (non-hydrogen) atoms. The van der Waals surface area contributed by atoms with Gasteiger partial charge in [0.1, 0.15) is 0 Å². The molecule has 0 unspecified atom stereocenters. The fourth-order valence-corrected chi connectivity index (χ4v) is 6.26. The van der Waals surface area contributed by atoms with Gasteiger partial charge in [0, 0.05) is 0 Å². The second-order valence-corrected chi connectivity index (χ2v) is 10.3. The highest BCUT2D eigenvalue weighted by atomic mass is 16.2. The largest absolute Gasteiger partial charge is 0.324 e. The average molecular weight is 469 g/mol. The number of imide groups is 2. The third-order valence-electron chi connectivity index (χ3n) is 8.14. The van der Waals surface area contributed by atoms with E-state index in [-0.39, 0.29) is 48.6 Å². The Balaban J connectivity index is 1.29. The zero-order chi connectivity index (χ0) is 23.7. The summed E-state index contributed by atoms with van der Waals surface area (Å²) in [7, 11) is 0.